The Morgan fingerprint density at radius 1 is 0.771 bits per heavy atom. The minimum Gasteiger partial charge on any atom is -0.481 e. The van der Waals surface area contributed by atoms with E-state index in [1.54, 1.807) is 0 Å². The van der Waals surface area contributed by atoms with Gasteiger partial charge in [0.05, 0.1) is 6.42 Å². The molecule has 0 aliphatic carbocycles. The molecule has 0 fully saturated rings. The van der Waals surface area contributed by atoms with E-state index in [0.29, 0.717) is 0 Å². The molecule has 0 bridgehead atoms. The van der Waals surface area contributed by atoms with Gasteiger partial charge in [0.2, 0.25) is 0 Å². The van der Waals surface area contributed by atoms with Crippen LogP contribution in [0.3, 0.4) is 0 Å². The van der Waals surface area contributed by atoms with E-state index in [1.807, 2.05) is 50.2 Å². The highest BCUT2D eigenvalue weighted by atomic mass is 32.3. The lowest BCUT2D eigenvalue weighted by atomic mass is 10.1. The van der Waals surface area contributed by atoms with Gasteiger partial charge in [0.25, 0.3) is 0 Å². The van der Waals surface area contributed by atoms with Gasteiger partial charge >= 0.3 is 22.3 Å². The van der Waals surface area contributed by atoms with Crippen molar-refractivity contribution in [3.8, 4) is 0 Å². The van der Waals surface area contributed by atoms with Crippen molar-refractivity contribution in [1.82, 2.24) is 0 Å². The molecule has 13 heteroatoms. The van der Waals surface area contributed by atoms with Crippen molar-refractivity contribution in [3.63, 3.8) is 0 Å². The van der Waals surface area contributed by atoms with Crippen LogP contribution < -0.4 is 17.2 Å². The molecule has 2 rings (SSSR count). The van der Waals surface area contributed by atoms with Crippen LogP contribution in [0.1, 0.15) is 31.4 Å². The molecule has 0 aliphatic rings. The molecule has 35 heavy (non-hydrogen) atoms. The summed E-state index contributed by atoms with van der Waals surface area (Å²) in [6.07, 6.45) is 1.41. The highest BCUT2D eigenvalue weighted by Crippen LogP contribution is 2.01. The molecule has 0 radical (unpaired) electrons. The lowest BCUT2D eigenvalue weighted by Crippen LogP contribution is -2.32. The zero-order valence-corrected chi connectivity index (χ0v) is 20.5. The number of aliphatic carboxylic acids is 2. The summed E-state index contributed by atoms with van der Waals surface area (Å²) in [5, 5.41) is 16.0. The van der Waals surface area contributed by atoms with E-state index < -0.39 is 34.8 Å². The molecule has 0 aliphatic heterocycles. The summed E-state index contributed by atoms with van der Waals surface area (Å²) in [6.45, 7) is 4.04. The van der Waals surface area contributed by atoms with Gasteiger partial charge in [0.15, 0.2) is 0 Å². The van der Waals surface area contributed by atoms with E-state index in [1.165, 1.54) is 11.1 Å². The summed E-state index contributed by atoms with van der Waals surface area (Å²) < 4.78 is 31.6. The maximum absolute atomic E-state index is 9.85. The predicted molar refractivity (Wildman–Crippen MR) is 133 cm³/mol. The summed E-state index contributed by atoms with van der Waals surface area (Å²) in [5.41, 5.74) is 18.7. The summed E-state index contributed by atoms with van der Waals surface area (Å²) in [5.74, 6) is -2.50. The average molecular weight is 520 g/mol. The van der Waals surface area contributed by atoms with Crippen LogP contribution in [-0.2, 0) is 32.8 Å². The zero-order chi connectivity index (χ0) is 26.7. The van der Waals surface area contributed by atoms with Crippen LogP contribution in [0.15, 0.2) is 60.7 Å². The minimum absolute atomic E-state index is 0. The Morgan fingerprint density at radius 2 is 1.06 bits per heavy atom. The van der Waals surface area contributed by atoms with Crippen molar-refractivity contribution in [1.29, 1.82) is 0 Å². The summed E-state index contributed by atoms with van der Waals surface area (Å²) in [6, 6.07) is 19.8. The van der Waals surface area contributed by atoms with Crippen molar-refractivity contribution in [2.24, 2.45) is 17.2 Å². The highest BCUT2D eigenvalue weighted by molar-refractivity contribution is 7.79. The number of carboxylic acids is 2. The van der Waals surface area contributed by atoms with E-state index in [0.717, 1.165) is 12.8 Å². The first kappa shape index (κ1) is 36.7. The molecule has 0 amide bonds. The van der Waals surface area contributed by atoms with Crippen LogP contribution in [0.5, 0.6) is 0 Å². The van der Waals surface area contributed by atoms with Crippen LogP contribution in [0.25, 0.3) is 0 Å². The fourth-order valence-electron chi connectivity index (χ4n) is 2.25. The van der Waals surface area contributed by atoms with Crippen LogP contribution in [0, 0.1) is 0 Å². The van der Waals surface area contributed by atoms with E-state index in [2.05, 4.69) is 24.3 Å². The Hall–Kier alpha value is -2.91. The van der Waals surface area contributed by atoms with Gasteiger partial charge in [-0.15, -0.1) is 0 Å². The Balaban J connectivity index is -0.000000397. The van der Waals surface area contributed by atoms with E-state index >= 15 is 0 Å². The Bertz CT molecular complexity index is 857. The quantitative estimate of drug-likeness (QED) is 0.248. The van der Waals surface area contributed by atoms with Crippen molar-refractivity contribution >= 4 is 22.3 Å². The first-order valence-corrected chi connectivity index (χ1v) is 11.5. The van der Waals surface area contributed by atoms with Gasteiger partial charge in [0, 0.05) is 12.1 Å². The number of carboxylic acid groups (broad SMARTS) is 2. The Labute approximate surface area is 205 Å². The van der Waals surface area contributed by atoms with Crippen LogP contribution in [-0.4, -0.2) is 63.3 Å². The third kappa shape index (κ3) is 31.1. The summed E-state index contributed by atoms with van der Waals surface area (Å²) >= 11 is 0. The third-order valence-corrected chi connectivity index (χ3v) is 3.51. The molecular formula is C22H37N3O9S. The van der Waals surface area contributed by atoms with Crippen molar-refractivity contribution in [3.05, 3.63) is 71.8 Å². The number of benzene rings is 2. The first-order chi connectivity index (χ1) is 15.6. The topological polar surface area (TPSA) is 259 Å². The molecule has 0 spiro atoms. The van der Waals surface area contributed by atoms with Gasteiger partial charge in [-0.05, 0) is 37.8 Å². The molecule has 0 aromatic heterocycles. The van der Waals surface area contributed by atoms with Crippen molar-refractivity contribution < 1.29 is 42.8 Å². The van der Waals surface area contributed by atoms with Crippen LogP contribution in [0.4, 0.5) is 0 Å². The zero-order valence-electron chi connectivity index (χ0n) is 19.7. The Kier molecular flexibility index (Phi) is 21.4. The largest absolute Gasteiger partial charge is 0.481 e. The van der Waals surface area contributed by atoms with Crippen molar-refractivity contribution in [2.45, 2.75) is 51.2 Å². The van der Waals surface area contributed by atoms with Crippen LogP contribution >= 0.6 is 0 Å². The molecule has 2 aromatic carbocycles. The summed E-state index contributed by atoms with van der Waals surface area (Å²) in [7, 11) is -4.67. The number of hydrogen-bond acceptors (Lipinski definition) is 7. The first-order valence-electron chi connectivity index (χ1n) is 10.1. The van der Waals surface area contributed by atoms with Gasteiger partial charge in [-0.2, -0.15) is 8.42 Å². The maximum atomic E-state index is 9.85. The fourth-order valence-corrected chi connectivity index (χ4v) is 2.25. The average Bonchev–Trinajstić information content (AvgIpc) is 2.68. The molecule has 3 atom stereocenters. The molecule has 3 unspecified atom stereocenters. The minimum atomic E-state index is -4.67. The number of rotatable bonds is 7. The lowest BCUT2D eigenvalue weighted by molar-refractivity contribution is -0.144. The number of nitrogens with two attached hydrogens (primary N) is 3. The second-order valence-corrected chi connectivity index (χ2v) is 8.22. The van der Waals surface area contributed by atoms with E-state index in [-0.39, 0.29) is 17.6 Å². The van der Waals surface area contributed by atoms with Crippen molar-refractivity contribution in [2.75, 3.05) is 0 Å². The highest BCUT2D eigenvalue weighted by Gasteiger charge is 2.14. The van der Waals surface area contributed by atoms with Gasteiger partial charge in [-0.3, -0.25) is 18.7 Å². The maximum Gasteiger partial charge on any atom is 0.394 e. The molecule has 0 heterocycles. The fraction of sp³-hybridized carbons (Fsp3) is 0.364. The molecule has 0 saturated carbocycles. The summed E-state index contributed by atoms with van der Waals surface area (Å²) in [4.78, 5) is 19.6. The van der Waals surface area contributed by atoms with E-state index in [4.69, 9.17) is 44.9 Å². The SMILES string of the molecule is CC(N)Cc1ccccc1.CC(N)Cc1ccccc1.NC(CC(=O)O)C(=O)O.O.O=S(=O)(O)O. The standard InChI is InChI=1S/2C9H13N.C4H7NO4.H2O4S.H2O/c2*1-8(10)7-9-5-3-2-4-6-9;5-2(4(8)9)1-3(6)7;1-5(2,3)4;/h2*2-6,8H,7,10H2,1H3;2H,1,5H2,(H,6,7)(H,8,9);(H2,1,2,3,4);1H2. The second kappa shape index (κ2) is 20.5. The lowest BCUT2D eigenvalue weighted by Gasteiger charge is -2.02. The molecule has 200 valence electrons. The third-order valence-electron chi connectivity index (χ3n) is 3.51. The van der Waals surface area contributed by atoms with Gasteiger partial charge in [-0.1, -0.05) is 60.7 Å². The number of carbonyl (C=O) groups is 2. The molecule has 2 aromatic rings. The molecule has 12 N–H and O–H groups in total. The molecule has 12 nitrogen and oxygen atoms in total. The molecule has 0 saturated heterocycles. The number of hydrogen-bond donors (Lipinski definition) is 7. The normalized spacial score (nSPS) is 12.3. The van der Waals surface area contributed by atoms with Crippen LogP contribution in [0.2, 0.25) is 0 Å². The smallest absolute Gasteiger partial charge is 0.394 e. The van der Waals surface area contributed by atoms with E-state index in [9.17, 15) is 9.59 Å². The predicted octanol–water partition coefficient (Wildman–Crippen LogP) is 0.548. The van der Waals surface area contributed by atoms with Gasteiger partial charge in [0.1, 0.15) is 6.04 Å². The second-order valence-electron chi connectivity index (χ2n) is 7.32. The molecular weight excluding hydrogens is 482 g/mol. The van der Waals surface area contributed by atoms with Gasteiger partial charge in [-0.25, -0.2) is 0 Å². The van der Waals surface area contributed by atoms with Gasteiger partial charge < -0.3 is 32.9 Å². The Morgan fingerprint density at radius 3 is 1.23 bits per heavy atom. The monoisotopic (exact) mass is 519 g/mol.